The molecule has 2 atom stereocenters. The molecule has 96 valence electrons. The highest BCUT2D eigenvalue weighted by Crippen LogP contribution is 2.38. The molecule has 3 nitrogen and oxygen atoms in total. The van der Waals surface area contributed by atoms with E-state index in [0.717, 1.165) is 30.4 Å². The predicted octanol–water partition coefficient (Wildman–Crippen LogP) is 2.24. The van der Waals surface area contributed by atoms with Crippen LogP contribution in [0.2, 0.25) is 0 Å². The summed E-state index contributed by atoms with van der Waals surface area (Å²) in [6.45, 7) is 5.83. The average Bonchev–Trinajstić information content (AvgIpc) is 2.86. The van der Waals surface area contributed by atoms with E-state index < -0.39 is 0 Å². The van der Waals surface area contributed by atoms with Crippen molar-refractivity contribution in [2.24, 2.45) is 5.73 Å². The van der Waals surface area contributed by atoms with Crippen LogP contribution in [-0.2, 0) is 6.54 Å². The van der Waals surface area contributed by atoms with E-state index in [-0.39, 0.29) is 5.54 Å². The number of likely N-dealkylation sites (N-methyl/N-ethyl adjacent to an activating group) is 1. The molecule has 0 saturated carbocycles. The minimum Gasteiger partial charge on any atom is -0.465 e. The number of nitrogens with zero attached hydrogens (tertiary/aromatic N) is 1. The van der Waals surface area contributed by atoms with Gasteiger partial charge < -0.3 is 10.2 Å². The third-order valence-corrected chi connectivity index (χ3v) is 5.12. The van der Waals surface area contributed by atoms with Crippen molar-refractivity contribution in [3.63, 3.8) is 0 Å². The summed E-state index contributed by atoms with van der Waals surface area (Å²) in [6.07, 6.45) is 1.17. The molecule has 17 heavy (non-hydrogen) atoms. The van der Waals surface area contributed by atoms with Crippen LogP contribution in [0.5, 0.6) is 0 Å². The van der Waals surface area contributed by atoms with Gasteiger partial charge in [-0.25, -0.2) is 0 Å². The molecule has 2 unspecified atom stereocenters. The molecule has 0 aliphatic carbocycles. The molecule has 2 N–H and O–H groups in total. The summed E-state index contributed by atoms with van der Waals surface area (Å²) in [5.74, 6) is 3.13. The van der Waals surface area contributed by atoms with Gasteiger partial charge in [0.1, 0.15) is 11.5 Å². The van der Waals surface area contributed by atoms with Crippen LogP contribution in [0.3, 0.4) is 0 Å². The maximum atomic E-state index is 6.01. The standard InChI is InChI=1S/C13H22N2OS/c1-10-4-5-12(16-10)7-15(3)13(8-14)6-11(2)17-9-13/h4-5,11H,6-9,14H2,1-3H3. The van der Waals surface area contributed by atoms with Gasteiger partial charge in [-0.3, -0.25) is 4.90 Å². The predicted molar refractivity (Wildman–Crippen MR) is 73.2 cm³/mol. The van der Waals surface area contributed by atoms with Gasteiger partial charge >= 0.3 is 0 Å². The zero-order valence-electron chi connectivity index (χ0n) is 10.9. The van der Waals surface area contributed by atoms with Gasteiger partial charge in [0.25, 0.3) is 0 Å². The number of nitrogens with two attached hydrogens (primary N) is 1. The molecule has 0 bridgehead atoms. The van der Waals surface area contributed by atoms with E-state index in [1.807, 2.05) is 24.8 Å². The number of hydrogen-bond acceptors (Lipinski definition) is 4. The van der Waals surface area contributed by atoms with Gasteiger partial charge in [-0.15, -0.1) is 0 Å². The molecule has 0 spiro atoms. The highest BCUT2D eigenvalue weighted by atomic mass is 32.2. The molecule has 1 fully saturated rings. The molecule has 1 aromatic rings. The van der Waals surface area contributed by atoms with E-state index in [0.29, 0.717) is 5.25 Å². The average molecular weight is 254 g/mol. The van der Waals surface area contributed by atoms with Crippen molar-refractivity contribution in [3.8, 4) is 0 Å². The number of furan rings is 1. The van der Waals surface area contributed by atoms with Gasteiger partial charge in [0.05, 0.1) is 6.54 Å². The molecular formula is C13H22N2OS. The first-order valence-electron chi connectivity index (χ1n) is 6.14. The van der Waals surface area contributed by atoms with E-state index in [1.165, 1.54) is 6.42 Å². The first-order chi connectivity index (χ1) is 8.05. The Morgan fingerprint density at radius 3 is 2.82 bits per heavy atom. The van der Waals surface area contributed by atoms with Crippen LogP contribution in [-0.4, -0.2) is 35.0 Å². The highest BCUT2D eigenvalue weighted by Gasteiger charge is 2.40. The fraction of sp³-hybridized carbons (Fsp3) is 0.692. The molecular weight excluding hydrogens is 232 g/mol. The SMILES string of the molecule is Cc1ccc(CN(C)C2(CN)CSC(C)C2)o1. The van der Waals surface area contributed by atoms with Gasteiger partial charge in [-0.05, 0) is 32.5 Å². The Balaban J connectivity index is 2.05. The van der Waals surface area contributed by atoms with Crippen molar-refractivity contribution < 1.29 is 4.42 Å². The van der Waals surface area contributed by atoms with Crippen molar-refractivity contribution in [1.82, 2.24) is 4.90 Å². The van der Waals surface area contributed by atoms with Crippen molar-refractivity contribution >= 4 is 11.8 Å². The lowest BCUT2D eigenvalue weighted by Crippen LogP contribution is -2.52. The van der Waals surface area contributed by atoms with Crippen LogP contribution in [0, 0.1) is 6.92 Å². The zero-order valence-corrected chi connectivity index (χ0v) is 11.7. The molecule has 2 rings (SSSR count). The second kappa shape index (κ2) is 5.04. The van der Waals surface area contributed by atoms with E-state index in [4.69, 9.17) is 10.2 Å². The molecule has 1 aromatic heterocycles. The summed E-state index contributed by atoms with van der Waals surface area (Å²) in [5, 5.41) is 0.708. The van der Waals surface area contributed by atoms with Gasteiger partial charge in [0.2, 0.25) is 0 Å². The molecule has 4 heteroatoms. The number of rotatable bonds is 4. The quantitative estimate of drug-likeness (QED) is 0.895. The van der Waals surface area contributed by atoms with Gasteiger partial charge in [0.15, 0.2) is 0 Å². The van der Waals surface area contributed by atoms with E-state index in [9.17, 15) is 0 Å². The monoisotopic (exact) mass is 254 g/mol. The minimum absolute atomic E-state index is 0.144. The Kier molecular flexibility index (Phi) is 3.85. The Morgan fingerprint density at radius 2 is 2.35 bits per heavy atom. The van der Waals surface area contributed by atoms with Crippen molar-refractivity contribution in [2.75, 3.05) is 19.3 Å². The maximum absolute atomic E-state index is 6.01. The largest absolute Gasteiger partial charge is 0.465 e. The minimum atomic E-state index is 0.144. The van der Waals surface area contributed by atoms with E-state index in [1.54, 1.807) is 0 Å². The van der Waals surface area contributed by atoms with Crippen LogP contribution in [0.4, 0.5) is 0 Å². The normalized spacial score (nSPS) is 29.1. The Hall–Kier alpha value is -0.450. The molecule has 0 aromatic carbocycles. The van der Waals surface area contributed by atoms with E-state index in [2.05, 4.69) is 24.9 Å². The van der Waals surface area contributed by atoms with Crippen molar-refractivity contribution in [1.29, 1.82) is 0 Å². The summed E-state index contributed by atoms with van der Waals surface area (Å²) in [4.78, 5) is 2.36. The third kappa shape index (κ3) is 2.69. The molecule has 2 heterocycles. The first-order valence-corrected chi connectivity index (χ1v) is 7.19. The van der Waals surface area contributed by atoms with Crippen molar-refractivity contribution in [3.05, 3.63) is 23.7 Å². The molecule has 0 amide bonds. The van der Waals surface area contributed by atoms with E-state index >= 15 is 0 Å². The number of hydrogen-bond donors (Lipinski definition) is 1. The number of aryl methyl sites for hydroxylation is 1. The van der Waals surface area contributed by atoms with Crippen LogP contribution in [0.25, 0.3) is 0 Å². The van der Waals surface area contributed by atoms with Gasteiger partial charge in [-0.1, -0.05) is 6.92 Å². The molecule has 0 radical (unpaired) electrons. The van der Waals surface area contributed by atoms with Gasteiger partial charge in [-0.2, -0.15) is 11.8 Å². The summed E-state index contributed by atoms with van der Waals surface area (Å²) in [5.41, 5.74) is 6.15. The Labute approximate surface area is 108 Å². The topological polar surface area (TPSA) is 42.4 Å². The van der Waals surface area contributed by atoms with Crippen molar-refractivity contribution in [2.45, 2.75) is 37.6 Å². The summed E-state index contributed by atoms with van der Waals surface area (Å²) >= 11 is 2.02. The first kappa shape index (κ1) is 13.0. The molecule has 1 saturated heterocycles. The fourth-order valence-electron chi connectivity index (χ4n) is 2.49. The van der Waals surface area contributed by atoms with Gasteiger partial charge in [0, 0.05) is 23.1 Å². The second-order valence-electron chi connectivity index (χ2n) is 5.12. The maximum Gasteiger partial charge on any atom is 0.118 e. The molecule has 1 aliphatic heterocycles. The summed E-state index contributed by atoms with van der Waals surface area (Å²) < 4.78 is 5.64. The lowest BCUT2D eigenvalue weighted by atomic mass is 9.94. The lowest BCUT2D eigenvalue weighted by Gasteiger charge is -2.37. The number of thioether (sulfide) groups is 1. The summed E-state index contributed by atoms with van der Waals surface area (Å²) in [7, 11) is 2.16. The highest BCUT2D eigenvalue weighted by molar-refractivity contribution is 8.00. The lowest BCUT2D eigenvalue weighted by molar-refractivity contribution is 0.128. The Bertz CT molecular complexity index is 379. The fourth-order valence-corrected chi connectivity index (χ4v) is 3.96. The third-order valence-electron chi connectivity index (χ3n) is 3.68. The molecule has 1 aliphatic rings. The Morgan fingerprint density at radius 1 is 1.59 bits per heavy atom. The van der Waals surface area contributed by atoms with Crippen LogP contribution in [0.1, 0.15) is 24.9 Å². The van der Waals surface area contributed by atoms with Crippen LogP contribution in [0.15, 0.2) is 16.5 Å². The summed E-state index contributed by atoms with van der Waals surface area (Å²) in [6, 6.07) is 4.08. The van der Waals surface area contributed by atoms with Crippen LogP contribution < -0.4 is 5.73 Å². The zero-order chi connectivity index (χ0) is 12.5. The smallest absolute Gasteiger partial charge is 0.118 e. The second-order valence-corrected chi connectivity index (χ2v) is 6.55. The van der Waals surface area contributed by atoms with Crippen LogP contribution >= 0.6 is 11.8 Å².